The van der Waals surface area contributed by atoms with Gasteiger partial charge in [-0.25, -0.2) is 0 Å². The lowest BCUT2D eigenvalue weighted by molar-refractivity contribution is -0.138. The number of carboxylic acids is 1. The van der Waals surface area contributed by atoms with Crippen LogP contribution < -0.4 is 0 Å². The molecule has 17 heavy (non-hydrogen) atoms. The van der Waals surface area contributed by atoms with Gasteiger partial charge in [-0.05, 0) is 12.8 Å². The van der Waals surface area contributed by atoms with Gasteiger partial charge >= 0.3 is 5.97 Å². The molecule has 0 saturated carbocycles. The normalized spacial score (nSPS) is 26.1. The molecule has 0 atom stereocenters. The third kappa shape index (κ3) is 3.76. The van der Waals surface area contributed by atoms with Gasteiger partial charge in [0.2, 0.25) is 0 Å². The molecule has 0 spiro atoms. The predicted octanol–water partition coefficient (Wildman–Crippen LogP) is -0.400. The average molecular weight is 260 g/mol. The molecule has 2 aliphatic rings. The Morgan fingerprint density at radius 2 is 1.76 bits per heavy atom. The number of carbonyl (C=O) groups is 1. The van der Waals surface area contributed by atoms with Crippen LogP contribution in [0.15, 0.2) is 0 Å². The number of aliphatic carboxylic acids is 1. The molecule has 0 aliphatic carbocycles. The number of rotatable bonds is 3. The molecule has 5 nitrogen and oxygen atoms in total. The fourth-order valence-electron chi connectivity index (χ4n) is 2.65. The minimum atomic E-state index is -0.739. The highest BCUT2D eigenvalue weighted by atomic mass is 32.2. The van der Waals surface area contributed by atoms with E-state index in [1.54, 1.807) is 0 Å². The Balaban J connectivity index is 1.75. The average Bonchev–Trinajstić information content (AvgIpc) is 2.30. The SMILES string of the molecule is O=C(O)CN1CCC(N2CCS(=O)CC2)CC1. The van der Waals surface area contributed by atoms with Crippen molar-refractivity contribution in [2.75, 3.05) is 44.2 Å². The molecule has 2 rings (SSSR count). The molecular formula is C11H20N2O3S. The van der Waals surface area contributed by atoms with Crippen LogP contribution in [0.5, 0.6) is 0 Å². The predicted molar refractivity (Wildman–Crippen MR) is 66.5 cm³/mol. The summed E-state index contributed by atoms with van der Waals surface area (Å²) in [6, 6.07) is 0.567. The van der Waals surface area contributed by atoms with Crippen LogP contribution in [0.3, 0.4) is 0 Å². The molecule has 0 aromatic rings. The number of hydrogen-bond donors (Lipinski definition) is 1. The highest BCUT2D eigenvalue weighted by Gasteiger charge is 2.27. The molecule has 2 heterocycles. The van der Waals surface area contributed by atoms with Gasteiger partial charge in [0.1, 0.15) is 0 Å². The van der Waals surface area contributed by atoms with Crippen LogP contribution in [0.1, 0.15) is 12.8 Å². The molecule has 2 saturated heterocycles. The van der Waals surface area contributed by atoms with E-state index in [4.69, 9.17) is 5.11 Å². The van der Waals surface area contributed by atoms with Gasteiger partial charge in [-0.1, -0.05) is 0 Å². The standard InChI is InChI=1S/C11H20N2O3S/c14-11(15)9-12-3-1-10(2-4-12)13-5-7-17(16)8-6-13/h10H,1-9H2,(H,14,15). The zero-order chi connectivity index (χ0) is 12.3. The summed E-state index contributed by atoms with van der Waals surface area (Å²) >= 11 is 0. The monoisotopic (exact) mass is 260 g/mol. The first-order chi connectivity index (χ1) is 8.15. The van der Waals surface area contributed by atoms with Gasteiger partial charge in [0.15, 0.2) is 0 Å². The fourth-order valence-corrected chi connectivity index (χ4v) is 3.73. The number of carboxylic acid groups (broad SMARTS) is 1. The minimum absolute atomic E-state index is 0.163. The Morgan fingerprint density at radius 3 is 2.29 bits per heavy atom. The Kier molecular flexibility index (Phi) is 4.53. The van der Waals surface area contributed by atoms with Crippen LogP contribution in [0.4, 0.5) is 0 Å². The Morgan fingerprint density at radius 1 is 1.18 bits per heavy atom. The molecule has 6 heteroatoms. The molecule has 0 radical (unpaired) electrons. The van der Waals surface area contributed by atoms with Crippen LogP contribution >= 0.6 is 0 Å². The van der Waals surface area contributed by atoms with E-state index in [1.165, 1.54) is 0 Å². The van der Waals surface area contributed by atoms with Gasteiger partial charge in [-0.15, -0.1) is 0 Å². The van der Waals surface area contributed by atoms with E-state index in [-0.39, 0.29) is 6.54 Å². The summed E-state index contributed by atoms with van der Waals surface area (Å²) in [5.74, 6) is 0.863. The van der Waals surface area contributed by atoms with Crippen molar-refractivity contribution >= 4 is 16.8 Å². The molecular weight excluding hydrogens is 240 g/mol. The maximum Gasteiger partial charge on any atom is 0.317 e. The topological polar surface area (TPSA) is 60.9 Å². The smallest absolute Gasteiger partial charge is 0.317 e. The number of hydrogen-bond acceptors (Lipinski definition) is 4. The quantitative estimate of drug-likeness (QED) is 0.748. The van der Waals surface area contributed by atoms with E-state index in [0.717, 1.165) is 50.5 Å². The van der Waals surface area contributed by atoms with Gasteiger partial charge in [-0.2, -0.15) is 0 Å². The van der Waals surface area contributed by atoms with Crippen molar-refractivity contribution in [3.8, 4) is 0 Å². The summed E-state index contributed by atoms with van der Waals surface area (Å²) in [4.78, 5) is 15.0. The van der Waals surface area contributed by atoms with Crippen molar-refractivity contribution in [2.45, 2.75) is 18.9 Å². The summed E-state index contributed by atoms with van der Waals surface area (Å²) in [5.41, 5.74) is 0. The Labute approximate surface area is 104 Å². The lowest BCUT2D eigenvalue weighted by Crippen LogP contribution is -2.50. The fraction of sp³-hybridized carbons (Fsp3) is 0.909. The van der Waals surface area contributed by atoms with Crippen molar-refractivity contribution in [2.24, 2.45) is 0 Å². The van der Waals surface area contributed by atoms with Gasteiger partial charge in [0.05, 0.1) is 6.54 Å². The second-order valence-corrected chi connectivity index (χ2v) is 6.48. The minimum Gasteiger partial charge on any atom is -0.480 e. The van der Waals surface area contributed by atoms with Crippen molar-refractivity contribution in [1.29, 1.82) is 0 Å². The van der Waals surface area contributed by atoms with Gasteiger partial charge in [0, 0.05) is 54.5 Å². The highest BCUT2D eigenvalue weighted by Crippen LogP contribution is 2.17. The molecule has 98 valence electrons. The zero-order valence-corrected chi connectivity index (χ0v) is 10.8. The second kappa shape index (κ2) is 5.93. The van der Waals surface area contributed by atoms with Gasteiger partial charge in [0.25, 0.3) is 0 Å². The highest BCUT2D eigenvalue weighted by molar-refractivity contribution is 7.85. The Hall–Kier alpha value is -0.460. The molecule has 0 unspecified atom stereocenters. The van der Waals surface area contributed by atoms with Crippen molar-refractivity contribution in [1.82, 2.24) is 9.80 Å². The summed E-state index contributed by atoms with van der Waals surface area (Å²) in [5, 5.41) is 8.72. The lowest BCUT2D eigenvalue weighted by Gasteiger charge is -2.39. The maximum atomic E-state index is 11.3. The van der Waals surface area contributed by atoms with Crippen LogP contribution in [-0.4, -0.2) is 75.4 Å². The maximum absolute atomic E-state index is 11.3. The largest absolute Gasteiger partial charge is 0.480 e. The van der Waals surface area contributed by atoms with E-state index in [2.05, 4.69) is 4.90 Å². The first kappa shape index (κ1) is 13.0. The molecule has 2 fully saturated rings. The summed E-state index contributed by atoms with van der Waals surface area (Å²) < 4.78 is 11.3. The van der Waals surface area contributed by atoms with Crippen LogP contribution in [-0.2, 0) is 15.6 Å². The van der Waals surface area contributed by atoms with E-state index in [0.29, 0.717) is 6.04 Å². The molecule has 2 aliphatic heterocycles. The van der Waals surface area contributed by atoms with Crippen molar-refractivity contribution < 1.29 is 14.1 Å². The Bertz CT molecular complexity index is 293. The number of piperidine rings is 1. The first-order valence-corrected chi connectivity index (χ1v) is 7.67. The summed E-state index contributed by atoms with van der Waals surface area (Å²) in [7, 11) is -0.610. The zero-order valence-electron chi connectivity index (χ0n) is 10.0. The summed E-state index contributed by atoms with van der Waals surface area (Å²) in [6.45, 7) is 3.79. The van der Waals surface area contributed by atoms with Gasteiger partial charge < -0.3 is 5.11 Å². The molecule has 0 aromatic carbocycles. The molecule has 0 aromatic heterocycles. The molecule has 1 N–H and O–H groups in total. The third-order valence-corrected chi connectivity index (χ3v) is 4.92. The van der Waals surface area contributed by atoms with E-state index in [9.17, 15) is 9.00 Å². The van der Waals surface area contributed by atoms with Crippen LogP contribution in [0, 0.1) is 0 Å². The third-order valence-electron chi connectivity index (χ3n) is 3.64. The molecule has 0 amide bonds. The van der Waals surface area contributed by atoms with E-state index >= 15 is 0 Å². The van der Waals surface area contributed by atoms with E-state index < -0.39 is 16.8 Å². The number of likely N-dealkylation sites (tertiary alicyclic amines) is 1. The van der Waals surface area contributed by atoms with Crippen LogP contribution in [0.2, 0.25) is 0 Å². The first-order valence-electron chi connectivity index (χ1n) is 6.18. The summed E-state index contributed by atoms with van der Waals surface area (Å²) in [6.07, 6.45) is 2.08. The van der Waals surface area contributed by atoms with Crippen molar-refractivity contribution in [3.63, 3.8) is 0 Å². The van der Waals surface area contributed by atoms with Gasteiger partial charge in [-0.3, -0.25) is 18.8 Å². The van der Waals surface area contributed by atoms with Crippen LogP contribution in [0.25, 0.3) is 0 Å². The number of nitrogens with zero attached hydrogens (tertiary/aromatic N) is 2. The van der Waals surface area contributed by atoms with Crippen molar-refractivity contribution in [3.05, 3.63) is 0 Å². The lowest BCUT2D eigenvalue weighted by atomic mass is 10.0. The van der Waals surface area contributed by atoms with E-state index in [1.807, 2.05) is 4.90 Å². The second-order valence-electron chi connectivity index (χ2n) is 4.79. The molecule has 0 bridgehead atoms.